The lowest BCUT2D eigenvalue weighted by Crippen LogP contribution is -1.86. The van der Waals surface area contributed by atoms with Gasteiger partial charge in [0.25, 0.3) is 0 Å². The molecule has 0 amide bonds. The van der Waals surface area contributed by atoms with Gasteiger partial charge in [-0.2, -0.15) is 0 Å². The Hall–Kier alpha value is -2.71. The zero-order valence-electron chi connectivity index (χ0n) is 13.3. The SMILES string of the molecule is Cc1cc(-c2ccc3ccccc3n2)c2sc3ccccc3c2c1. The van der Waals surface area contributed by atoms with Gasteiger partial charge in [-0.25, -0.2) is 4.98 Å². The van der Waals surface area contributed by atoms with Crippen LogP contribution in [0, 0.1) is 6.92 Å². The van der Waals surface area contributed by atoms with Gasteiger partial charge in [0.15, 0.2) is 0 Å². The maximum atomic E-state index is 4.91. The van der Waals surface area contributed by atoms with E-state index in [-0.39, 0.29) is 0 Å². The molecule has 0 radical (unpaired) electrons. The first-order chi connectivity index (χ1) is 11.8. The van der Waals surface area contributed by atoms with E-state index in [2.05, 4.69) is 73.7 Å². The summed E-state index contributed by atoms with van der Waals surface area (Å²) >= 11 is 1.86. The van der Waals surface area contributed by atoms with Crippen molar-refractivity contribution in [3.8, 4) is 11.3 Å². The summed E-state index contributed by atoms with van der Waals surface area (Å²) < 4.78 is 2.66. The molecule has 3 aromatic carbocycles. The van der Waals surface area contributed by atoms with Gasteiger partial charge in [0.2, 0.25) is 0 Å². The number of hydrogen-bond acceptors (Lipinski definition) is 2. The van der Waals surface area contributed by atoms with Crippen LogP contribution in [0.1, 0.15) is 5.56 Å². The predicted molar refractivity (Wildman–Crippen MR) is 105 cm³/mol. The molecule has 0 spiro atoms. The van der Waals surface area contributed by atoms with E-state index in [4.69, 9.17) is 4.98 Å². The molecular weight excluding hydrogens is 310 g/mol. The van der Waals surface area contributed by atoms with Gasteiger partial charge in [0, 0.05) is 31.1 Å². The Bertz CT molecular complexity index is 1220. The van der Waals surface area contributed by atoms with Gasteiger partial charge in [-0.1, -0.05) is 42.5 Å². The molecule has 0 saturated carbocycles. The Labute approximate surface area is 144 Å². The molecule has 0 aliphatic heterocycles. The van der Waals surface area contributed by atoms with Crippen molar-refractivity contribution in [2.45, 2.75) is 6.92 Å². The second kappa shape index (κ2) is 5.15. The molecule has 5 aromatic rings. The number of nitrogens with zero attached hydrogens (tertiary/aromatic N) is 1. The largest absolute Gasteiger partial charge is 0.248 e. The lowest BCUT2D eigenvalue weighted by atomic mass is 10.0. The fraction of sp³-hybridized carbons (Fsp3) is 0.0455. The first-order valence-corrected chi connectivity index (χ1v) is 8.89. The van der Waals surface area contributed by atoms with Crippen molar-refractivity contribution < 1.29 is 0 Å². The zero-order chi connectivity index (χ0) is 16.1. The number of aromatic nitrogens is 1. The molecule has 0 bridgehead atoms. The second-order valence-electron chi connectivity index (χ2n) is 6.18. The molecule has 114 valence electrons. The van der Waals surface area contributed by atoms with Gasteiger partial charge in [-0.05, 0) is 42.8 Å². The Morgan fingerprint density at radius 1 is 0.792 bits per heavy atom. The number of fused-ring (bicyclic) bond motifs is 4. The maximum Gasteiger partial charge on any atom is 0.0724 e. The summed E-state index contributed by atoms with van der Waals surface area (Å²) in [4.78, 5) is 4.91. The van der Waals surface area contributed by atoms with E-state index in [1.807, 2.05) is 17.4 Å². The number of aryl methyl sites for hydroxylation is 1. The van der Waals surface area contributed by atoms with E-state index in [1.54, 1.807) is 0 Å². The Balaban J connectivity index is 1.87. The average molecular weight is 325 g/mol. The summed E-state index contributed by atoms with van der Waals surface area (Å²) in [6, 6.07) is 25.8. The summed E-state index contributed by atoms with van der Waals surface area (Å²) in [5, 5.41) is 3.85. The van der Waals surface area contributed by atoms with E-state index in [1.165, 1.54) is 36.7 Å². The normalized spacial score (nSPS) is 11.5. The number of benzene rings is 3. The highest BCUT2D eigenvalue weighted by atomic mass is 32.1. The average Bonchev–Trinajstić information content (AvgIpc) is 2.99. The van der Waals surface area contributed by atoms with E-state index in [0.29, 0.717) is 0 Å². The maximum absolute atomic E-state index is 4.91. The zero-order valence-corrected chi connectivity index (χ0v) is 14.1. The first kappa shape index (κ1) is 13.7. The molecule has 2 heterocycles. The summed E-state index contributed by atoms with van der Waals surface area (Å²) in [6.45, 7) is 2.16. The number of para-hydroxylation sites is 1. The third kappa shape index (κ3) is 2.04. The predicted octanol–water partition coefficient (Wildman–Crippen LogP) is 6.58. The van der Waals surface area contributed by atoms with Crippen LogP contribution in [-0.2, 0) is 0 Å². The highest BCUT2D eigenvalue weighted by molar-refractivity contribution is 7.26. The van der Waals surface area contributed by atoms with Gasteiger partial charge in [-0.3, -0.25) is 0 Å². The minimum Gasteiger partial charge on any atom is -0.248 e. The number of rotatable bonds is 1. The minimum absolute atomic E-state index is 1.05. The fourth-order valence-electron chi connectivity index (χ4n) is 3.38. The number of hydrogen-bond donors (Lipinski definition) is 0. The molecule has 0 aliphatic carbocycles. The van der Waals surface area contributed by atoms with Crippen LogP contribution in [0.15, 0.2) is 72.8 Å². The van der Waals surface area contributed by atoms with Crippen molar-refractivity contribution in [3.05, 3.63) is 78.4 Å². The van der Waals surface area contributed by atoms with Crippen molar-refractivity contribution in [2.24, 2.45) is 0 Å². The highest BCUT2D eigenvalue weighted by Gasteiger charge is 2.12. The van der Waals surface area contributed by atoms with Crippen LogP contribution in [0.25, 0.3) is 42.3 Å². The van der Waals surface area contributed by atoms with Crippen LogP contribution < -0.4 is 0 Å². The quantitative estimate of drug-likeness (QED) is 0.339. The summed E-state index contributed by atoms with van der Waals surface area (Å²) in [5.74, 6) is 0. The van der Waals surface area contributed by atoms with Crippen molar-refractivity contribution in [1.82, 2.24) is 4.98 Å². The van der Waals surface area contributed by atoms with Crippen molar-refractivity contribution in [3.63, 3.8) is 0 Å². The van der Waals surface area contributed by atoms with Gasteiger partial charge >= 0.3 is 0 Å². The molecule has 2 heteroatoms. The molecule has 0 saturated heterocycles. The molecule has 0 unspecified atom stereocenters. The van der Waals surface area contributed by atoms with E-state index >= 15 is 0 Å². The fourth-order valence-corrected chi connectivity index (χ4v) is 4.58. The summed E-state index contributed by atoms with van der Waals surface area (Å²) in [7, 11) is 0. The Morgan fingerprint density at radius 2 is 1.62 bits per heavy atom. The third-order valence-electron chi connectivity index (χ3n) is 4.50. The molecule has 5 rings (SSSR count). The number of thiophene rings is 1. The van der Waals surface area contributed by atoms with Gasteiger partial charge in [0.05, 0.1) is 11.2 Å². The Morgan fingerprint density at radius 3 is 2.58 bits per heavy atom. The van der Waals surface area contributed by atoms with Crippen LogP contribution in [0.5, 0.6) is 0 Å². The van der Waals surface area contributed by atoms with E-state index < -0.39 is 0 Å². The van der Waals surface area contributed by atoms with Gasteiger partial charge in [0.1, 0.15) is 0 Å². The van der Waals surface area contributed by atoms with Crippen LogP contribution in [-0.4, -0.2) is 4.98 Å². The van der Waals surface area contributed by atoms with Gasteiger partial charge in [-0.15, -0.1) is 11.3 Å². The highest BCUT2D eigenvalue weighted by Crippen LogP contribution is 2.40. The van der Waals surface area contributed by atoms with Crippen molar-refractivity contribution in [2.75, 3.05) is 0 Å². The van der Waals surface area contributed by atoms with E-state index in [0.717, 1.165) is 11.2 Å². The molecular formula is C22H15NS. The second-order valence-corrected chi connectivity index (χ2v) is 7.23. The van der Waals surface area contributed by atoms with Crippen LogP contribution in [0.2, 0.25) is 0 Å². The molecule has 0 aliphatic rings. The number of pyridine rings is 1. The Kier molecular flexibility index (Phi) is 2.94. The van der Waals surface area contributed by atoms with Crippen molar-refractivity contribution in [1.29, 1.82) is 0 Å². The minimum atomic E-state index is 1.05. The molecule has 0 N–H and O–H groups in total. The monoisotopic (exact) mass is 325 g/mol. The standard InChI is InChI=1S/C22H15NS/c1-14-12-17-16-7-3-5-9-21(16)24-22(17)18(13-14)20-11-10-15-6-2-4-8-19(15)23-20/h2-13H,1H3. The summed E-state index contributed by atoms with van der Waals surface area (Å²) in [5.41, 5.74) is 4.60. The van der Waals surface area contributed by atoms with Crippen LogP contribution in [0.3, 0.4) is 0 Å². The van der Waals surface area contributed by atoms with Crippen LogP contribution in [0.4, 0.5) is 0 Å². The van der Waals surface area contributed by atoms with E-state index in [9.17, 15) is 0 Å². The molecule has 0 fully saturated rings. The van der Waals surface area contributed by atoms with Crippen molar-refractivity contribution >= 4 is 42.4 Å². The first-order valence-electron chi connectivity index (χ1n) is 8.08. The molecule has 24 heavy (non-hydrogen) atoms. The molecule has 1 nitrogen and oxygen atoms in total. The molecule has 0 atom stereocenters. The lowest BCUT2D eigenvalue weighted by molar-refractivity contribution is 1.40. The summed E-state index contributed by atoms with van der Waals surface area (Å²) in [6.07, 6.45) is 0. The smallest absolute Gasteiger partial charge is 0.0724 e. The third-order valence-corrected chi connectivity index (χ3v) is 5.72. The molecule has 2 aromatic heterocycles. The van der Waals surface area contributed by atoms with Crippen LogP contribution >= 0.6 is 11.3 Å². The van der Waals surface area contributed by atoms with Gasteiger partial charge < -0.3 is 0 Å². The topological polar surface area (TPSA) is 12.9 Å². The lowest BCUT2D eigenvalue weighted by Gasteiger charge is -2.06.